The Morgan fingerprint density at radius 1 is 1.13 bits per heavy atom. The Balaban J connectivity index is 4.35. The molecule has 0 aliphatic carbocycles. The molecule has 0 rings (SSSR count). The molecule has 0 heterocycles. The Hall–Kier alpha value is -0.610. The number of nitrogens with zero attached hydrogens (tertiary/aromatic N) is 2. The van der Waals surface area contributed by atoms with Crippen LogP contribution in [0.15, 0.2) is 0 Å². The van der Waals surface area contributed by atoms with Crippen LogP contribution in [-0.4, -0.2) is 42.1 Å². The molecular weight excluding hydrogens is 190 g/mol. The van der Waals surface area contributed by atoms with Crippen LogP contribution < -0.4 is 5.73 Å². The molecule has 15 heavy (non-hydrogen) atoms. The van der Waals surface area contributed by atoms with E-state index in [1.54, 1.807) is 0 Å². The summed E-state index contributed by atoms with van der Waals surface area (Å²) in [6.45, 7) is 9.32. The summed E-state index contributed by atoms with van der Waals surface area (Å²) < 4.78 is 0. The average Bonchev–Trinajstić information content (AvgIpc) is 2.20. The van der Waals surface area contributed by atoms with Crippen molar-refractivity contribution in [3.05, 3.63) is 0 Å². The van der Waals surface area contributed by atoms with Crippen LogP contribution in [0.4, 0.5) is 0 Å². The van der Waals surface area contributed by atoms with Crippen molar-refractivity contribution in [1.29, 1.82) is 0 Å². The van der Waals surface area contributed by atoms with E-state index in [4.69, 9.17) is 5.73 Å². The minimum absolute atomic E-state index is 0.141. The predicted molar refractivity (Wildman–Crippen MR) is 63.2 cm³/mol. The molecule has 1 amide bonds. The molecule has 90 valence electrons. The zero-order valence-corrected chi connectivity index (χ0v) is 10.3. The number of nitrogens with two attached hydrogens (primary N) is 1. The Bertz CT molecular complexity index is 167. The molecule has 0 aromatic carbocycles. The molecule has 0 spiro atoms. The average molecular weight is 215 g/mol. The highest BCUT2D eigenvalue weighted by atomic mass is 16.2. The van der Waals surface area contributed by atoms with Gasteiger partial charge in [0, 0.05) is 32.6 Å². The third kappa shape index (κ3) is 5.14. The molecule has 0 atom stereocenters. The minimum atomic E-state index is 0.141. The van der Waals surface area contributed by atoms with Gasteiger partial charge in [-0.2, -0.15) is 0 Å². The Morgan fingerprint density at radius 3 is 2.00 bits per heavy atom. The predicted octanol–water partition coefficient (Wildman–Crippen LogP) is 1.22. The van der Waals surface area contributed by atoms with Gasteiger partial charge in [0.1, 0.15) is 0 Å². The lowest BCUT2D eigenvalue weighted by molar-refractivity contribution is -0.148. The molecule has 0 aromatic rings. The van der Waals surface area contributed by atoms with Gasteiger partial charge in [0.2, 0.25) is 5.91 Å². The lowest BCUT2D eigenvalue weighted by atomic mass is 10.3. The van der Waals surface area contributed by atoms with Gasteiger partial charge in [-0.15, -0.1) is 0 Å². The molecule has 0 radical (unpaired) electrons. The summed E-state index contributed by atoms with van der Waals surface area (Å²) in [7, 11) is 0. The van der Waals surface area contributed by atoms with Crippen molar-refractivity contribution >= 4 is 5.91 Å². The van der Waals surface area contributed by atoms with Crippen LogP contribution >= 0.6 is 0 Å². The van der Waals surface area contributed by atoms with Crippen molar-refractivity contribution < 1.29 is 4.79 Å². The summed E-state index contributed by atoms with van der Waals surface area (Å²) in [5.74, 6) is 0.141. The molecule has 0 saturated carbocycles. The molecule has 0 unspecified atom stereocenters. The second kappa shape index (κ2) is 8.68. The van der Waals surface area contributed by atoms with Gasteiger partial charge < -0.3 is 5.73 Å². The van der Waals surface area contributed by atoms with E-state index in [1.807, 2.05) is 11.9 Å². The van der Waals surface area contributed by atoms with Gasteiger partial charge in [-0.25, -0.2) is 5.01 Å². The fourth-order valence-electron chi connectivity index (χ4n) is 1.66. The molecule has 0 bridgehead atoms. The number of hydrogen-bond donors (Lipinski definition) is 1. The maximum atomic E-state index is 11.8. The number of carbonyl (C=O) groups excluding carboxylic acids is 1. The van der Waals surface area contributed by atoms with Gasteiger partial charge in [-0.1, -0.05) is 13.8 Å². The van der Waals surface area contributed by atoms with E-state index >= 15 is 0 Å². The molecule has 0 aliphatic heterocycles. The molecule has 2 N–H and O–H groups in total. The van der Waals surface area contributed by atoms with Gasteiger partial charge >= 0.3 is 0 Å². The van der Waals surface area contributed by atoms with Crippen LogP contribution in [0.3, 0.4) is 0 Å². The quantitative estimate of drug-likeness (QED) is 0.619. The Morgan fingerprint density at radius 2 is 1.67 bits per heavy atom. The van der Waals surface area contributed by atoms with Crippen molar-refractivity contribution in [1.82, 2.24) is 10.0 Å². The third-order valence-corrected chi connectivity index (χ3v) is 2.25. The van der Waals surface area contributed by atoms with Crippen molar-refractivity contribution in [2.45, 2.75) is 40.0 Å². The van der Waals surface area contributed by atoms with E-state index in [1.165, 1.54) is 0 Å². The fraction of sp³-hybridized carbons (Fsp3) is 0.909. The van der Waals surface area contributed by atoms with Gasteiger partial charge in [0.15, 0.2) is 0 Å². The van der Waals surface area contributed by atoms with E-state index in [0.717, 1.165) is 32.5 Å². The second-order valence-electron chi connectivity index (χ2n) is 3.60. The largest absolute Gasteiger partial charge is 0.330 e. The monoisotopic (exact) mass is 215 g/mol. The molecule has 4 heteroatoms. The van der Waals surface area contributed by atoms with E-state index in [-0.39, 0.29) is 5.91 Å². The lowest BCUT2D eigenvalue weighted by Gasteiger charge is -2.34. The van der Waals surface area contributed by atoms with Crippen LogP contribution in [0.5, 0.6) is 0 Å². The first kappa shape index (κ1) is 14.4. The first-order valence-electron chi connectivity index (χ1n) is 5.96. The highest BCUT2D eigenvalue weighted by molar-refractivity contribution is 5.75. The van der Waals surface area contributed by atoms with Crippen molar-refractivity contribution in [3.8, 4) is 0 Å². The second-order valence-corrected chi connectivity index (χ2v) is 3.60. The summed E-state index contributed by atoms with van der Waals surface area (Å²) in [5, 5.41) is 3.97. The van der Waals surface area contributed by atoms with Crippen molar-refractivity contribution in [3.63, 3.8) is 0 Å². The highest BCUT2D eigenvalue weighted by Crippen LogP contribution is 2.03. The van der Waals surface area contributed by atoms with Crippen molar-refractivity contribution in [2.75, 3.05) is 26.2 Å². The van der Waals surface area contributed by atoms with Gasteiger partial charge in [-0.3, -0.25) is 9.80 Å². The summed E-state index contributed by atoms with van der Waals surface area (Å²) >= 11 is 0. The highest BCUT2D eigenvalue weighted by Gasteiger charge is 2.17. The summed E-state index contributed by atoms with van der Waals surface area (Å²) in [6.07, 6.45) is 2.57. The van der Waals surface area contributed by atoms with E-state index in [9.17, 15) is 4.79 Å². The van der Waals surface area contributed by atoms with E-state index in [2.05, 4.69) is 18.9 Å². The van der Waals surface area contributed by atoms with E-state index in [0.29, 0.717) is 13.0 Å². The number of amides is 1. The number of carbonyl (C=O) groups is 1. The molecular formula is C11H25N3O. The molecule has 0 fully saturated rings. The zero-order chi connectivity index (χ0) is 11.7. The molecule has 0 saturated heterocycles. The van der Waals surface area contributed by atoms with Crippen molar-refractivity contribution in [2.24, 2.45) is 5.73 Å². The standard InChI is InChI=1S/C11H25N3O/c1-4-9-13(10-5-2)14(6-3)11(15)7-8-12/h4-10,12H2,1-3H3. The first-order chi connectivity index (χ1) is 7.21. The van der Waals surface area contributed by atoms with Crippen LogP contribution in [0.1, 0.15) is 40.0 Å². The first-order valence-corrected chi connectivity index (χ1v) is 5.96. The van der Waals surface area contributed by atoms with Gasteiger partial charge in [-0.05, 0) is 19.8 Å². The van der Waals surface area contributed by atoms with Crippen LogP contribution in [0.2, 0.25) is 0 Å². The topological polar surface area (TPSA) is 49.6 Å². The smallest absolute Gasteiger partial charge is 0.238 e. The summed E-state index contributed by atoms with van der Waals surface area (Å²) in [5.41, 5.74) is 5.40. The zero-order valence-electron chi connectivity index (χ0n) is 10.3. The Kier molecular flexibility index (Phi) is 8.33. The number of hydrazine groups is 1. The minimum Gasteiger partial charge on any atom is -0.330 e. The normalized spacial score (nSPS) is 10.7. The number of hydrogen-bond acceptors (Lipinski definition) is 3. The van der Waals surface area contributed by atoms with Crippen LogP contribution in [0, 0.1) is 0 Å². The number of rotatable bonds is 8. The molecule has 0 aliphatic rings. The van der Waals surface area contributed by atoms with Gasteiger partial charge in [0.25, 0.3) is 0 Å². The molecule has 0 aromatic heterocycles. The molecule has 4 nitrogen and oxygen atoms in total. The van der Waals surface area contributed by atoms with Crippen LogP contribution in [-0.2, 0) is 4.79 Å². The van der Waals surface area contributed by atoms with Crippen LogP contribution in [0.25, 0.3) is 0 Å². The lowest BCUT2D eigenvalue weighted by Crippen LogP contribution is -2.47. The van der Waals surface area contributed by atoms with E-state index < -0.39 is 0 Å². The summed E-state index contributed by atoms with van der Waals surface area (Å²) in [6, 6.07) is 0. The fourth-order valence-corrected chi connectivity index (χ4v) is 1.66. The third-order valence-electron chi connectivity index (χ3n) is 2.25. The summed E-state index contributed by atoms with van der Waals surface area (Å²) in [4.78, 5) is 11.8. The van der Waals surface area contributed by atoms with Gasteiger partial charge in [0.05, 0.1) is 0 Å². The maximum Gasteiger partial charge on any atom is 0.238 e. The Labute approximate surface area is 93.4 Å². The SMILES string of the molecule is CCCN(CCC)N(CC)C(=O)CCN. The maximum absolute atomic E-state index is 11.8.